The Kier molecular flexibility index (Phi) is 6.17. The fourth-order valence-corrected chi connectivity index (χ4v) is 5.07. The van der Waals surface area contributed by atoms with Crippen LogP contribution in [0.4, 0.5) is 5.82 Å². The van der Waals surface area contributed by atoms with E-state index in [4.69, 9.17) is 4.42 Å². The van der Waals surface area contributed by atoms with Gasteiger partial charge in [-0.1, -0.05) is 19.3 Å². The number of furan rings is 1. The Morgan fingerprint density at radius 1 is 1.21 bits per heavy atom. The molecule has 5 rings (SSSR count). The van der Waals surface area contributed by atoms with Crippen LogP contribution in [-0.4, -0.2) is 41.0 Å². The molecule has 1 aliphatic carbocycles. The number of aryl methyl sites for hydroxylation is 1. The van der Waals surface area contributed by atoms with Gasteiger partial charge in [-0.15, -0.1) is 0 Å². The monoisotopic (exact) mass is 449 g/mol. The minimum absolute atomic E-state index is 0.0789. The Hall–Kier alpha value is -3.13. The molecule has 4 heterocycles. The molecule has 3 aromatic heterocycles. The molecule has 4 N–H and O–H groups in total. The molecule has 0 radical (unpaired) electrons. The van der Waals surface area contributed by atoms with E-state index in [0.29, 0.717) is 29.2 Å². The van der Waals surface area contributed by atoms with E-state index >= 15 is 0 Å². The van der Waals surface area contributed by atoms with Gasteiger partial charge in [0, 0.05) is 41.3 Å². The molecule has 0 spiro atoms. The smallest absolute Gasteiger partial charge is 0.251 e. The number of hydrogen-bond donors (Lipinski definition) is 4. The maximum Gasteiger partial charge on any atom is 0.251 e. The average Bonchev–Trinajstić information content (AvgIpc) is 3.36. The highest BCUT2D eigenvalue weighted by molar-refractivity contribution is 5.98. The highest BCUT2D eigenvalue weighted by Gasteiger charge is 2.33. The van der Waals surface area contributed by atoms with Crippen LogP contribution < -0.4 is 21.5 Å². The summed E-state index contributed by atoms with van der Waals surface area (Å²) in [5, 5.41) is 11.0. The minimum Gasteiger partial charge on any atom is -0.464 e. The lowest BCUT2D eigenvalue weighted by atomic mass is 9.90. The molecule has 1 saturated heterocycles. The Morgan fingerprint density at radius 3 is 2.85 bits per heavy atom. The average molecular weight is 450 g/mol. The first kappa shape index (κ1) is 21.7. The van der Waals surface area contributed by atoms with Gasteiger partial charge in [-0.25, -0.2) is 4.98 Å². The zero-order valence-corrected chi connectivity index (χ0v) is 18.9. The first-order chi connectivity index (χ1) is 16.1. The number of carbonyl (C=O) groups is 1. The predicted octanol–water partition coefficient (Wildman–Crippen LogP) is 3.33. The topological polar surface area (TPSA) is 112 Å². The highest BCUT2D eigenvalue weighted by Crippen LogP contribution is 2.32. The molecule has 0 aromatic carbocycles. The number of carbonyl (C=O) groups excluding carboxylic acids is 1. The summed E-state index contributed by atoms with van der Waals surface area (Å²) in [6, 6.07) is 5.78. The van der Waals surface area contributed by atoms with Crippen LogP contribution >= 0.6 is 0 Å². The molecular formula is C25H31N5O3. The summed E-state index contributed by atoms with van der Waals surface area (Å²) in [5.41, 5.74) is 1.92. The molecule has 33 heavy (non-hydrogen) atoms. The minimum atomic E-state index is -0.209. The molecule has 174 valence electrons. The van der Waals surface area contributed by atoms with Gasteiger partial charge in [0.05, 0.1) is 17.7 Å². The summed E-state index contributed by atoms with van der Waals surface area (Å²) in [6.45, 7) is 3.23. The molecule has 1 aliphatic heterocycles. The maximum atomic E-state index is 13.2. The number of H-pyrrole nitrogens is 1. The second kappa shape index (κ2) is 9.39. The van der Waals surface area contributed by atoms with Gasteiger partial charge in [0.25, 0.3) is 5.56 Å². The van der Waals surface area contributed by atoms with Crippen molar-refractivity contribution in [3.05, 3.63) is 46.6 Å². The third kappa shape index (κ3) is 4.53. The highest BCUT2D eigenvalue weighted by atomic mass is 16.3. The van der Waals surface area contributed by atoms with E-state index < -0.39 is 0 Å². The second-order valence-electron chi connectivity index (χ2n) is 9.26. The number of anilines is 1. The van der Waals surface area contributed by atoms with Crippen molar-refractivity contribution in [2.24, 2.45) is 5.92 Å². The Morgan fingerprint density at radius 2 is 2.06 bits per heavy atom. The molecule has 8 nitrogen and oxygen atoms in total. The van der Waals surface area contributed by atoms with Gasteiger partial charge in [-0.3, -0.25) is 9.59 Å². The van der Waals surface area contributed by atoms with E-state index in [9.17, 15) is 9.59 Å². The van der Waals surface area contributed by atoms with Crippen LogP contribution in [0.3, 0.4) is 0 Å². The molecule has 1 amide bonds. The van der Waals surface area contributed by atoms with Crippen molar-refractivity contribution in [1.29, 1.82) is 0 Å². The summed E-state index contributed by atoms with van der Waals surface area (Å²) in [5.74, 6) is 1.16. The van der Waals surface area contributed by atoms with Crippen LogP contribution in [0.25, 0.3) is 22.2 Å². The predicted molar refractivity (Wildman–Crippen MR) is 128 cm³/mol. The summed E-state index contributed by atoms with van der Waals surface area (Å²) < 4.78 is 5.59. The van der Waals surface area contributed by atoms with E-state index in [0.717, 1.165) is 36.8 Å². The van der Waals surface area contributed by atoms with Gasteiger partial charge >= 0.3 is 0 Å². The summed E-state index contributed by atoms with van der Waals surface area (Å²) >= 11 is 0. The molecule has 2 atom stereocenters. The van der Waals surface area contributed by atoms with E-state index in [2.05, 4.69) is 25.9 Å². The Balaban J connectivity index is 1.44. The van der Waals surface area contributed by atoms with Gasteiger partial charge in [-0.2, -0.15) is 0 Å². The number of hydrogen-bond acceptors (Lipinski definition) is 6. The van der Waals surface area contributed by atoms with Crippen molar-refractivity contribution >= 4 is 22.6 Å². The summed E-state index contributed by atoms with van der Waals surface area (Å²) in [6.07, 6.45) is 9.92. The first-order valence-corrected chi connectivity index (χ1v) is 11.9. The van der Waals surface area contributed by atoms with Crippen LogP contribution in [0.5, 0.6) is 0 Å². The van der Waals surface area contributed by atoms with Gasteiger partial charge in [0.2, 0.25) is 5.91 Å². The lowest BCUT2D eigenvalue weighted by Crippen LogP contribution is -2.53. The molecular weight excluding hydrogens is 418 g/mol. The number of rotatable bonds is 5. The Bertz CT molecular complexity index is 1180. The summed E-state index contributed by atoms with van der Waals surface area (Å²) in [4.78, 5) is 33.3. The van der Waals surface area contributed by atoms with Crippen LogP contribution in [-0.2, 0) is 4.79 Å². The molecule has 1 saturated carbocycles. The second-order valence-corrected chi connectivity index (χ2v) is 9.26. The van der Waals surface area contributed by atoms with Gasteiger partial charge in [0.15, 0.2) is 5.82 Å². The molecule has 3 aromatic rings. The number of piperidine rings is 1. The SMILES string of the molecule is Cc1cc2c(-c3ccco3)cnc(N[C@@H]3CCNC[C@H]3C(=O)NC3CCCCC3)c2[nH]c1=O. The number of pyridine rings is 2. The van der Waals surface area contributed by atoms with Gasteiger partial charge < -0.3 is 25.4 Å². The largest absolute Gasteiger partial charge is 0.464 e. The lowest BCUT2D eigenvalue weighted by molar-refractivity contribution is -0.126. The van der Waals surface area contributed by atoms with E-state index in [1.165, 1.54) is 19.3 Å². The fourth-order valence-electron chi connectivity index (χ4n) is 5.07. The quantitative estimate of drug-likeness (QED) is 0.475. The van der Waals surface area contributed by atoms with Crippen LogP contribution in [0.15, 0.2) is 39.9 Å². The Labute approximate surface area is 192 Å². The standard InChI is InChI=1S/C25H31N5O3/c1-15-12-17-18(21-8-5-11-33-21)14-27-23(22(17)30-24(15)31)29-20-9-10-26-13-19(20)25(32)28-16-6-3-2-4-7-16/h5,8,11-12,14,16,19-20,26H,2-4,6-7,9-10,13H2,1H3,(H,27,29)(H,28,32)(H,30,31)/t19-,20-/m1/s1. The number of nitrogens with zero attached hydrogens (tertiary/aromatic N) is 1. The van der Waals surface area contributed by atoms with E-state index in [1.54, 1.807) is 19.4 Å². The normalized spacial score (nSPS) is 21.7. The van der Waals surface area contributed by atoms with Crippen LogP contribution in [0.2, 0.25) is 0 Å². The van der Waals surface area contributed by atoms with Gasteiger partial charge in [-0.05, 0) is 50.9 Å². The number of aromatic nitrogens is 2. The zero-order chi connectivity index (χ0) is 22.8. The van der Waals surface area contributed by atoms with Crippen LogP contribution in [0.1, 0.15) is 44.1 Å². The molecule has 0 unspecified atom stereocenters. The van der Waals surface area contributed by atoms with Crippen molar-refractivity contribution in [3.8, 4) is 11.3 Å². The number of nitrogens with one attached hydrogen (secondary N) is 4. The molecule has 2 fully saturated rings. The fraction of sp³-hybridized carbons (Fsp3) is 0.480. The third-order valence-corrected chi connectivity index (χ3v) is 6.96. The number of aromatic amines is 1. The van der Waals surface area contributed by atoms with E-state index in [1.807, 2.05) is 18.2 Å². The maximum absolute atomic E-state index is 13.2. The lowest BCUT2D eigenvalue weighted by Gasteiger charge is -2.34. The van der Waals surface area contributed by atoms with Crippen molar-refractivity contribution in [2.45, 2.75) is 57.5 Å². The molecule has 0 bridgehead atoms. The summed E-state index contributed by atoms with van der Waals surface area (Å²) in [7, 11) is 0. The number of fused-ring (bicyclic) bond motifs is 1. The molecule has 2 aliphatic rings. The van der Waals surface area contributed by atoms with E-state index in [-0.39, 0.29) is 29.5 Å². The first-order valence-electron chi connectivity index (χ1n) is 11.9. The van der Waals surface area contributed by atoms with Crippen molar-refractivity contribution in [2.75, 3.05) is 18.4 Å². The van der Waals surface area contributed by atoms with Crippen LogP contribution in [0, 0.1) is 12.8 Å². The van der Waals surface area contributed by atoms with Gasteiger partial charge in [0.1, 0.15) is 5.76 Å². The number of amides is 1. The van der Waals surface area contributed by atoms with Crippen molar-refractivity contribution in [1.82, 2.24) is 20.6 Å². The van der Waals surface area contributed by atoms with Crippen molar-refractivity contribution < 1.29 is 9.21 Å². The van der Waals surface area contributed by atoms with Crippen molar-refractivity contribution in [3.63, 3.8) is 0 Å². The molecule has 8 heteroatoms. The zero-order valence-electron chi connectivity index (χ0n) is 18.9. The third-order valence-electron chi connectivity index (χ3n) is 6.96.